The van der Waals surface area contributed by atoms with Gasteiger partial charge in [-0.3, -0.25) is 14.6 Å². The molecule has 0 unspecified atom stereocenters. The normalized spacial score (nSPS) is 9.62. The van der Waals surface area contributed by atoms with E-state index < -0.39 is 5.91 Å². The number of primary amides is 1. The van der Waals surface area contributed by atoms with E-state index in [1.165, 1.54) is 12.3 Å². The fraction of sp³-hybridized carbons (Fsp3) is 0.125. The number of amides is 1. The molecule has 4 nitrogen and oxygen atoms in total. The van der Waals surface area contributed by atoms with E-state index in [1.54, 1.807) is 6.07 Å². The molecule has 0 fully saturated rings. The zero-order valence-corrected chi connectivity index (χ0v) is 7.62. The topological polar surface area (TPSA) is 73.1 Å². The van der Waals surface area contributed by atoms with Crippen molar-refractivity contribution >= 4 is 24.3 Å². The predicted octanol–water partition coefficient (Wildman–Crippen LogP) is 0.293. The number of thiol groups is 1. The monoisotopic (exact) mass is 196 g/mol. The fourth-order valence-electron chi connectivity index (χ4n) is 0.901. The third kappa shape index (κ3) is 2.06. The minimum atomic E-state index is -0.654. The van der Waals surface area contributed by atoms with Gasteiger partial charge < -0.3 is 5.73 Å². The summed E-state index contributed by atoms with van der Waals surface area (Å²) >= 11 is 3.80. The number of aromatic nitrogens is 1. The molecule has 1 aromatic rings. The van der Waals surface area contributed by atoms with E-state index in [2.05, 4.69) is 17.6 Å². The van der Waals surface area contributed by atoms with Gasteiger partial charge in [0.2, 0.25) is 0 Å². The number of pyridine rings is 1. The number of carbonyl (C=O) groups is 2. The highest BCUT2D eigenvalue weighted by atomic mass is 32.1. The van der Waals surface area contributed by atoms with Crippen LogP contribution in [0.1, 0.15) is 20.8 Å². The molecule has 0 spiro atoms. The summed E-state index contributed by atoms with van der Waals surface area (Å²) in [4.78, 5) is 25.8. The van der Waals surface area contributed by atoms with E-state index in [4.69, 9.17) is 5.73 Å². The maximum Gasteiger partial charge on any atom is 0.251 e. The molecule has 1 amide bonds. The number of Topliss-reactive ketones (excluding diaryl/α,β-unsaturated/α-hetero) is 1. The van der Waals surface area contributed by atoms with E-state index in [9.17, 15) is 9.59 Å². The number of carbonyl (C=O) groups excluding carboxylic acids is 2. The van der Waals surface area contributed by atoms with Gasteiger partial charge in [-0.25, -0.2) is 0 Å². The van der Waals surface area contributed by atoms with Crippen LogP contribution < -0.4 is 5.73 Å². The largest absolute Gasteiger partial charge is 0.366 e. The second-order valence-corrected chi connectivity index (χ2v) is 2.66. The molecule has 0 radical (unpaired) electrons. The molecule has 0 aliphatic rings. The Kier molecular flexibility index (Phi) is 3.02. The van der Waals surface area contributed by atoms with Crippen molar-refractivity contribution in [1.82, 2.24) is 4.98 Å². The standard InChI is InChI=1S/C8H8N2O2S/c9-8(12)5-2-1-3-10-7(5)6(11)4-13/h1-3,13H,4H2,(H2,9,12). The van der Waals surface area contributed by atoms with Crippen LogP contribution in [-0.4, -0.2) is 22.4 Å². The van der Waals surface area contributed by atoms with Gasteiger partial charge in [-0.1, -0.05) is 0 Å². The van der Waals surface area contributed by atoms with Crippen LogP contribution in [0.3, 0.4) is 0 Å². The van der Waals surface area contributed by atoms with Crippen molar-refractivity contribution in [2.24, 2.45) is 5.73 Å². The molecule has 0 aliphatic heterocycles. The Hall–Kier alpha value is -1.36. The van der Waals surface area contributed by atoms with Crippen LogP contribution in [0.15, 0.2) is 18.3 Å². The Balaban J connectivity index is 3.19. The van der Waals surface area contributed by atoms with Crippen LogP contribution >= 0.6 is 12.6 Å². The first-order chi connectivity index (χ1) is 6.16. The summed E-state index contributed by atoms with van der Waals surface area (Å²) in [5.74, 6) is -0.951. The van der Waals surface area contributed by atoms with Crippen LogP contribution in [0.2, 0.25) is 0 Å². The molecule has 68 valence electrons. The lowest BCUT2D eigenvalue weighted by Crippen LogP contribution is -2.18. The van der Waals surface area contributed by atoms with Gasteiger partial charge in [0.25, 0.3) is 5.91 Å². The predicted molar refractivity (Wildman–Crippen MR) is 50.9 cm³/mol. The first-order valence-electron chi connectivity index (χ1n) is 3.55. The molecule has 2 N–H and O–H groups in total. The van der Waals surface area contributed by atoms with Gasteiger partial charge in [0.1, 0.15) is 5.69 Å². The quantitative estimate of drug-likeness (QED) is 0.539. The number of nitrogens with two attached hydrogens (primary N) is 1. The molecule has 0 saturated heterocycles. The summed E-state index contributed by atoms with van der Waals surface area (Å²) in [6.45, 7) is 0. The van der Waals surface area contributed by atoms with E-state index in [0.717, 1.165) is 0 Å². The second kappa shape index (κ2) is 4.04. The molecule has 13 heavy (non-hydrogen) atoms. The Morgan fingerprint density at radius 2 is 2.23 bits per heavy atom. The lowest BCUT2D eigenvalue weighted by atomic mass is 10.1. The lowest BCUT2D eigenvalue weighted by Gasteiger charge is -2.01. The van der Waals surface area contributed by atoms with E-state index in [1.807, 2.05) is 0 Å². The Labute approximate surface area is 80.6 Å². The van der Waals surface area contributed by atoms with Crippen LogP contribution in [0.5, 0.6) is 0 Å². The first kappa shape index (κ1) is 9.73. The van der Waals surface area contributed by atoms with E-state index in [0.29, 0.717) is 0 Å². The highest BCUT2D eigenvalue weighted by molar-refractivity contribution is 7.81. The van der Waals surface area contributed by atoms with Crippen LogP contribution in [-0.2, 0) is 0 Å². The van der Waals surface area contributed by atoms with Gasteiger partial charge in [0, 0.05) is 6.20 Å². The van der Waals surface area contributed by atoms with Gasteiger partial charge in [0.05, 0.1) is 11.3 Å². The van der Waals surface area contributed by atoms with Crippen molar-refractivity contribution in [2.45, 2.75) is 0 Å². The molecule has 1 rings (SSSR count). The zero-order valence-electron chi connectivity index (χ0n) is 6.73. The third-order valence-electron chi connectivity index (χ3n) is 1.48. The van der Waals surface area contributed by atoms with Crippen LogP contribution in [0, 0.1) is 0 Å². The Morgan fingerprint density at radius 3 is 2.77 bits per heavy atom. The molecule has 0 aromatic carbocycles. The summed E-state index contributed by atoms with van der Waals surface area (Å²) in [6, 6.07) is 3.02. The van der Waals surface area contributed by atoms with Gasteiger partial charge >= 0.3 is 0 Å². The summed E-state index contributed by atoms with van der Waals surface area (Å²) in [6.07, 6.45) is 1.43. The molecule has 5 heteroatoms. The minimum Gasteiger partial charge on any atom is -0.366 e. The molecular weight excluding hydrogens is 188 g/mol. The molecule has 0 aliphatic carbocycles. The van der Waals surface area contributed by atoms with Gasteiger partial charge in [-0.05, 0) is 12.1 Å². The fourth-order valence-corrected chi connectivity index (χ4v) is 1.05. The summed E-state index contributed by atoms with van der Waals surface area (Å²) in [7, 11) is 0. The number of ketones is 1. The second-order valence-electron chi connectivity index (χ2n) is 2.35. The van der Waals surface area contributed by atoms with Gasteiger partial charge in [-0.2, -0.15) is 12.6 Å². The highest BCUT2D eigenvalue weighted by Crippen LogP contribution is 2.05. The maximum absolute atomic E-state index is 11.2. The summed E-state index contributed by atoms with van der Waals surface area (Å²) < 4.78 is 0. The number of rotatable bonds is 3. The molecule has 0 saturated carbocycles. The lowest BCUT2D eigenvalue weighted by molar-refractivity contribution is 0.0972. The van der Waals surface area contributed by atoms with Gasteiger partial charge in [0.15, 0.2) is 5.78 Å². The van der Waals surface area contributed by atoms with Crippen LogP contribution in [0.25, 0.3) is 0 Å². The van der Waals surface area contributed by atoms with Crippen molar-refractivity contribution in [3.63, 3.8) is 0 Å². The molecular formula is C8H8N2O2S. The average Bonchev–Trinajstić information content (AvgIpc) is 2.16. The van der Waals surface area contributed by atoms with Crippen molar-refractivity contribution < 1.29 is 9.59 Å². The van der Waals surface area contributed by atoms with Crippen molar-refractivity contribution in [3.8, 4) is 0 Å². The number of hydrogen-bond donors (Lipinski definition) is 2. The van der Waals surface area contributed by atoms with Gasteiger partial charge in [-0.15, -0.1) is 0 Å². The summed E-state index contributed by atoms with van der Waals surface area (Å²) in [5, 5.41) is 0. The van der Waals surface area contributed by atoms with E-state index >= 15 is 0 Å². The Bertz CT molecular complexity index is 352. The minimum absolute atomic E-state index is 0.0112. The number of hydrogen-bond acceptors (Lipinski definition) is 4. The molecule has 1 heterocycles. The Morgan fingerprint density at radius 1 is 1.54 bits per heavy atom. The van der Waals surface area contributed by atoms with Crippen molar-refractivity contribution in [2.75, 3.05) is 5.75 Å². The van der Waals surface area contributed by atoms with Crippen molar-refractivity contribution in [3.05, 3.63) is 29.6 Å². The maximum atomic E-state index is 11.2. The smallest absolute Gasteiger partial charge is 0.251 e. The average molecular weight is 196 g/mol. The molecule has 0 bridgehead atoms. The van der Waals surface area contributed by atoms with Crippen LogP contribution in [0.4, 0.5) is 0 Å². The first-order valence-corrected chi connectivity index (χ1v) is 4.19. The number of nitrogens with zero attached hydrogens (tertiary/aromatic N) is 1. The molecule has 1 aromatic heterocycles. The summed E-state index contributed by atoms with van der Waals surface area (Å²) in [5.41, 5.74) is 5.28. The molecule has 0 atom stereocenters. The highest BCUT2D eigenvalue weighted by Gasteiger charge is 2.14. The SMILES string of the molecule is NC(=O)c1cccnc1C(=O)CS. The zero-order chi connectivity index (χ0) is 9.84. The third-order valence-corrected chi connectivity index (χ3v) is 1.77. The van der Waals surface area contributed by atoms with Crippen molar-refractivity contribution in [1.29, 1.82) is 0 Å². The van der Waals surface area contributed by atoms with E-state index in [-0.39, 0.29) is 22.8 Å².